The molecule has 0 bridgehead atoms. The largest absolute Gasteiger partial charge is 0.487 e. The number of rotatable bonds is 7. The smallest absolute Gasteiger partial charge is 0.326 e. The first kappa shape index (κ1) is 23.0. The number of carboxylic acid groups (broad SMARTS) is 1. The van der Waals surface area contributed by atoms with Gasteiger partial charge in [-0.2, -0.15) is 5.10 Å². The number of hydrogen-bond donors (Lipinski definition) is 2. The van der Waals surface area contributed by atoms with E-state index in [1.165, 1.54) is 0 Å². The molecule has 1 heterocycles. The van der Waals surface area contributed by atoms with Crippen LogP contribution in [0, 0.1) is 5.41 Å². The average Bonchev–Trinajstić information content (AvgIpc) is 3.29. The van der Waals surface area contributed by atoms with Crippen molar-refractivity contribution in [1.29, 1.82) is 0 Å². The molecule has 1 atom stereocenters. The Labute approximate surface area is 198 Å². The van der Waals surface area contributed by atoms with Crippen LogP contribution < -0.4 is 10.1 Å². The highest BCUT2D eigenvalue weighted by Crippen LogP contribution is 2.31. The summed E-state index contributed by atoms with van der Waals surface area (Å²) < 4.78 is 7.93. The van der Waals surface area contributed by atoms with E-state index in [0.29, 0.717) is 5.75 Å². The first-order chi connectivity index (χ1) is 16.2. The van der Waals surface area contributed by atoms with Gasteiger partial charge in [-0.1, -0.05) is 69.3 Å². The third-order valence-electron chi connectivity index (χ3n) is 5.55. The van der Waals surface area contributed by atoms with Crippen molar-refractivity contribution in [3.05, 3.63) is 90.3 Å². The average molecular weight is 458 g/mol. The van der Waals surface area contributed by atoms with Crippen molar-refractivity contribution in [3.8, 4) is 11.4 Å². The zero-order chi connectivity index (χ0) is 24.3. The van der Waals surface area contributed by atoms with Crippen LogP contribution in [0.15, 0.2) is 79.1 Å². The van der Waals surface area contributed by atoms with E-state index in [2.05, 4.69) is 10.4 Å². The van der Waals surface area contributed by atoms with Crippen LogP contribution in [-0.4, -0.2) is 32.8 Å². The summed E-state index contributed by atoms with van der Waals surface area (Å²) in [5, 5.41) is 18.4. The second-order valence-electron chi connectivity index (χ2n) is 9.19. The lowest BCUT2D eigenvalue weighted by Gasteiger charge is -2.28. The second-order valence-corrected chi connectivity index (χ2v) is 9.19. The molecule has 34 heavy (non-hydrogen) atoms. The summed E-state index contributed by atoms with van der Waals surface area (Å²) in [7, 11) is 0. The Morgan fingerprint density at radius 2 is 1.74 bits per heavy atom. The number of carbonyl (C=O) groups excluding carboxylic acids is 1. The Balaban J connectivity index is 1.64. The molecule has 4 aromatic rings. The fourth-order valence-corrected chi connectivity index (χ4v) is 3.75. The van der Waals surface area contributed by atoms with Crippen molar-refractivity contribution in [2.75, 3.05) is 0 Å². The van der Waals surface area contributed by atoms with Gasteiger partial charge in [-0.3, -0.25) is 4.79 Å². The lowest BCUT2D eigenvalue weighted by molar-refractivity contribution is -0.142. The number of hydrogen-bond acceptors (Lipinski definition) is 4. The Morgan fingerprint density at radius 3 is 2.44 bits per heavy atom. The SMILES string of the molecule is CC(C)(C)[C@H](NC(=O)c1ccc2ccccc2c1OCc1cnn(-c2ccccc2)c1)C(=O)O. The second kappa shape index (κ2) is 9.39. The molecule has 0 fully saturated rings. The van der Waals surface area contributed by atoms with E-state index in [4.69, 9.17) is 4.74 Å². The van der Waals surface area contributed by atoms with Gasteiger partial charge in [0, 0.05) is 17.1 Å². The zero-order valence-corrected chi connectivity index (χ0v) is 19.4. The minimum absolute atomic E-state index is 0.197. The minimum Gasteiger partial charge on any atom is -0.487 e. The molecular weight excluding hydrogens is 430 g/mol. The number of ether oxygens (including phenoxy) is 1. The number of para-hydroxylation sites is 1. The van der Waals surface area contributed by atoms with Crippen LogP contribution in [0.5, 0.6) is 5.75 Å². The molecule has 3 aromatic carbocycles. The number of nitrogens with one attached hydrogen (secondary N) is 1. The third-order valence-corrected chi connectivity index (χ3v) is 5.55. The van der Waals surface area contributed by atoms with Crippen molar-refractivity contribution < 1.29 is 19.4 Å². The molecule has 4 rings (SSSR count). The van der Waals surface area contributed by atoms with Crippen molar-refractivity contribution in [2.24, 2.45) is 5.41 Å². The van der Waals surface area contributed by atoms with E-state index < -0.39 is 23.3 Å². The number of aliphatic carboxylic acids is 1. The Bertz CT molecular complexity index is 1320. The fourth-order valence-electron chi connectivity index (χ4n) is 3.75. The van der Waals surface area contributed by atoms with Gasteiger partial charge >= 0.3 is 5.97 Å². The minimum atomic E-state index is -1.09. The van der Waals surface area contributed by atoms with E-state index in [1.807, 2.05) is 66.9 Å². The van der Waals surface area contributed by atoms with Gasteiger partial charge in [-0.15, -0.1) is 0 Å². The zero-order valence-electron chi connectivity index (χ0n) is 19.4. The number of carbonyl (C=O) groups is 2. The summed E-state index contributed by atoms with van der Waals surface area (Å²) in [5.41, 5.74) is 1.39. The van der Waals surface area contributed by atoms with E-state index in [9.17, 15) is 14.7 Å². The van der Waals surface area contributed by atoms with Gasteiger partial charge in [0.25, 0.3) is 5.91 Å². The molecule has 0 aliphatic rings. The Morgan fingerprint density at radius 1 is 1.03 bits per heavy atom. The summed E-state index contributed by atoms with van der Waals surface area (Å²) in [6.07, 6.45) is 3.60. The van der Waals surface area contributed by atoms with Crippen LogP contribution in [0.2, 0.25) is 0 Å². The van der Waals surface area contributed by atoms with Crippen molar-refractivity contribution in [3.63, 3.8) is 0 Å². The highest BCUT2D eigenvalue weighted by molar-refractivity contribution is 6.05. The molecule has 0 saturated carbocycles. The number of aromatic nitrogens is 2. The monoisotopic (exact) mass is 457 g/mol. The lowest BCUT2D eigenvalue weighted by Crippen LogP contribution is -2.49. The van der Waals surface area contributed by atoms with Gasteiger partial charge in [-0.05, 0) is 29.0 Å². The van der Waals surface area contributed by atoms with Crippen molar-refractivity contribution in [1.82, 2.24) is 15.1 Å². The molecule has 1 amide bonds. The van der Waals surface area contributed by atoms with Crippen LogP contribution in [0.25, 0.3) is 16.5 Å². The Hall–Kier alpha value is -4.13. The quantitative estimate of drug-likeness (QED) is 0.414. The maximum absolute atomic E-state index is 13.2. The molecule has 0 aliphatic carbocycles. The summed E-state index contributed by atoms with van der Waals surface area (Å²) in [6.45, 7) is 5.51. The maximum Gasteiger partial charge on any atom is 0.326 e. The van der Waals surface area contributed by atoms with E-state index in [0.717, 1.165) is 22.0 Å². The number of fused-ring (bicyclic) bond motifs is 1. The molecule has 0 saturated heterocycles. The van der Waals surface area contributed by atoms with Gasteiger partial charge in [0.15, 0.2) is 0 Å². The topological polar surface area (TPSA) is 93.5 Å². The molecule has 0 aliphatic heterocycles. The first-order valence-electron chi connectivity index (χ1n) is 11.0. The lowest BCUT2D eigenvalue weighted by atomic mass is 9.86. The maximum atomic E-state index is 13.2. The fraction of sp³-hybridized carbons (Fsp3) is 0.222. The Kier molecular flexibility index (Phi) is 6.36. The highest BCUT2D eigenvalue weighted by atomic mass is 16.5. The van der Waals surface area contributed by atoms with Gasteiger partial charge < -0.3 is 15.2 Å². The van der Waals surface area contributed by atoms with Gasteiger partial charge in [-0.25, -0.2) is 9.48 Å². The number of amides is 1. The standard InChI is InChI=1S/C27H27N3O4/c1-27(2,3)24(26(32)33)29-25(31)22-14-13-19-9-7-8-12-21(19)23(22)34-17-18-15-28-30(16-18)20-10-5-4-6-11-20/h4-16,24H,17H2,1-3H3,(H,29,31)(H,32,33)/t24-/m1/s1. The van der Waals surface area contributed by atoms with E-state index >= 15 is 0 Å². The van der Waals surface area contributed by atoms with E-state index in [-0.39, 0.29) is 12.2 Å². The molecule has 0 spiro atoms. The molecule has 7 nitrogen and oxygen atoms in total. The van der Waals surface area contributed by atoms with E-state index in [1.54, 1.807) is 37.7 Å². The summed E-state index contributed by atoms with van der Waals surface area (Å²) >= 11 is 0. The molecule has 2 N–H and O–H groups in total. The number of nitrogens with zero attached hydrogens (tertiary/aromatic N) is 2. The van der Waals surface area contributed by atoms with Crippen LogP contribution in [-0.2, 0) is 11.4 Å². The molecule has 0 unspecified atom stereocenters. The summed E-state index contributed by atoms with van der Waals surface area (Å²) in [4.78, 5) is 25.0. The van der Waals surface area contributed by atoms with Crippen LogP contribution in [0.1, 0.15) is 36.7 Å². The van der Waals surface area contributed by atoms with Crippen LogP contribution >= 0.6 is 0 Å². The number of carboxylic acids is 1. The van der Waals surface area contributed by atoms with Gasteiger partial charge in [0.1, 0.15) is 18.4 Å². The molecule has 174 valence electrons. The van der Waals surface area contributed by atoms with Crippen LogP contribution in [0.3, 0.4) is 0 Å². The summed E-state index contributed by atoms with van der Waals surface area (Å²) in [5.74, 6) is -1.18. The highest BCUT2D eigenvalue weighted by Gasteiger charge is 2.33. The predicted octanol–water partition coefficient (Wildman–Crippen LogP) is 4.83. The predicted molar refractivity (Wildman–Crippen MR) is 130 cm³/mol. The first-order valence-corrected chi connectivity index (χ1v) is 11.0. The molecular formula is C27H27N3O4. The van der Waals surface area contributed by atoms with Crippen molar-refractivity contribution >= 4 is 22.6 Å². The summed E-state index contributed by atoms with van der Waals surface area (Å²) in [6, 6.07) is 19.8. The van der Waals surface area contributed by atoms with Gasteiger partial charge in [0.2, 0.25) is 0 Å². The normalized spacial score (nSPS) is 12.3. The molecule has 7 heteroatoms. The molecule has 1 aromatic heterocycles. The number of benzene rings is 3. The van der Waals surface area contributed by atoms with Crippen molar-refractivity contribution in [2.45, 2.75) is 33.4 Å². The molecule has 0 radical (unpaired) electrons. The van der Waals surface area contributed by atoms with Gasteiger partial charge in [0.05, 0.1) is 17.4 Å². The third kappa shape index (κ3) is 4.93. The van der Waals surface area contributed by atoms with Crippen LogP contribution in [0.4, 0.5) is 0 Å².